The second-order valence-corrected chi connectivity index (χ2v) is 3.17. The maximum atomic E-state index is 11.1. The topological polar surface area (TPSA) is 62.1 Å². The van der Waals surface area contributed by atoms with Crippen LogP contribution in [0.2, 0.25) is 0 Å². The monoisotopic (exact) mass is 216 g/mol. The van der Waals surface area contributed by atoms with Crippen LogP contribution in [0, 0.1) is 18.3 Å². The normalized spacial score (nSPS) is 10.4. The number of esters is 1. The summed E-state index contributed by atoms with van der Waals surface area (Å²) in [7, 11) is 1.24. The Morgan fingerprint density at radius 1 is 1.44 bits per heavy atom. The van der Waals surface area contributed by atoms with Gasteiger partial charge in [-0.3, -0.25) is 0 Å². The zero-order valence-electron chi connectivity index (χ0n) is 9.15. The van der Waals surface area contributed by atoms with Gasteiger partial charge in [-0.2, -0.15) is 5.26 Å². The number of carbonyl (C=O) groups excluding carboxylic acids is 1. The van der Waals surface area contributed by atoms with Crippen LogP contribution in [0.5, 0.6) is 0 Å². The Hall–Kier alpha value is -2.28. The van der Waals surface area contributed by atoms with E-state index in [9.17, 15) is 4.79 Å². The minimum absolute atomic E-state index is 0.0666. The predicted molar refractivity (Wildman–Crippen MR) is 60.5 cm³/mol. The summed E-state index contributed by atoms with van der Waals surface area (Å²) < 4.78 is 4.44. The maximum absolute atomic E-state index is 11.1. The summed E-state index contributed by atoms with van der Waals surface area (Å²) in [6.07, 6.45) is 1.33. The minimum atomic E-state index is -0.651. The number of anilines is 1. The highest BCUT2D eigenvalue weighted by atomic mass is 16.5. The van der Waals surface area contributed by atoms with Crippen LogP contribution in [-0.4, -0.2) is 13.1 Å². The predicted octanol–water partition coefficient (Wildman–Crippen LogP) is 1.99. The third-order valence-electron chi connectivity index (χ3n) is 1.96. The number of methoxy groups -OCH3 is 1. The lowest BCUT2D eigenvalue weighted by molar-refractivity contribution is -0.135. The number of rotatable bonds is 3. The number of nitriles is 1. The zero-order chi connectivity index (χ0) is 12.0. The number of hydrogen-bond acceptors (Lipinski definition) is 4. The molecular weight excluding hydrogens is 204 g/mol. The summed E-state index contributed by atoms with van der Waals surface area (Å²) in [4.78, 5) is 11.1. The first kappa shape index (κ1) is 11.8. The quantitative estimate of drug-likeness (QED) is 0.477. The average Bonchev–Trinajstić information content (AvgIpc) is 2.31. The molecule has 82 valence electrons. The number of carbonyl (C=O) groups is 1. The van der Waals surface area contributed by atoms with E-state index in [1.807, 2.05) is 31.2 Å². The number of hydrogen-bond donors (Lipinski definition) is 1. The molecule has 0 heterocycles. The van der Waals surface area contributed by atoms with Crippen molar-refractivity contribution in [2.24, 2.45) is 0 Å². The second-order valence-electron chi connectivity index (χ2n) is 3.17. The molecule has 4 nitrogen and oxygen atoms in total. The van der Waals surface area contributed by atoms with Crippen LogP contribution in [0.25, 0.3) is 0 Å². The van der Waals surface area contributed by atoms with Gasteiger partial charge in [0.15, 0.2) is 5.57 Å². The van der Waals surface area contributed by atoms with Crippen LogP contribution in [0.4, 0.5) is 5.69 Å². The van der Waals surface area contributed by atoms with Gasteiger partial charge in [0.05, 0.1) is 7.11 Å². The summed E-state index contributed by atoms with van der Waals surface area (Å²) >= 11 is 0. The number of ether oxygens (including phenoxy) is 1. The highest BCUT2D eigenvalue weighted by Crippen LogP contribution is 2.09. The van der Waals surface area contributed by atoms with Crippen molar-refractivity contribution in [3.8, 4) is 6.07 Å². The molecule has 1 aromatic rings. The fourth-order valence-corrected chi connectivity index (χ4v) is 1.05. The fraction of sp³-hybridized carbons (Fsp3) is 0.167. The molecule has 16 heavy (non-hydrogen) atoms. The fourth-order valence-electron chi connectivity index (χ4n) is 1.05. The highest BCUT2D eigenvalue weighted by molar-refractivity contribution is 5.92. The summed E-state index contributed by atoms with van der Waals surface area (Å²) in [5.74, 6) is -0.651. The first-order valence-corrected chi connectivity index (χ1v) is 4.69. The van der Waals surface area contributed by atoms with E-state index in [2.05, 4.69) is 10.1 Å². The van der Waals surface area contributed by atoms with E-state index in [1.54, 1.807) is 6.07 Å². The average molecular weight is 216 g/mol. The molecule has 0 fully saturated rings. The lowest BCUT2D eigenvalue weighted by Crippen LogP contribution is -2.05. The number of nitrogens with zero attached hydrogens (tertiary/aromatic N) is 1. The molecule has 0 aromatic heterocycles. The number of nitrogens with one attached hydrogen (secondary N) is 1. The van der Waals surface area contributed by atoms with E-state index in [4.69, 9.17) is 5.26 Å². The Labute approximate surface area is 94.1 Å². The van der Waals surface area contributed by atoms with Gasteiger partial charge in [-0.05, 0) is 19.1 Å². The van der Waals surface area contributed by atoms with Crippen molar-refractivity contribution >= 4 is 11.7 Å². The summed E-state index contributed by atoms with van der Waals surface area (Å²) in [6, 6.07) is 9.34. The molecule has 4 heteroatoms. The zero-order valence-corrected chi connectivity index (χ0v) is 9.15. The number of benzene rings is 1. The van der Waals surface area contributed by atoms with Gasteiger partial charge in [0.2, 0.25) is 0 Å². The van der Waals surface area contributed by atoms with Crippen molar-refractivity contribution in [2.75, 3.05) is 12.4 Å². The highest BCUT2D eigenvalue weighted by Gasteiger charge is 2.07. The Bertz CT molecular complexity index is 441. The summed E-state index contributed by atoms with van der Waals surface area (Å²) in [5, 5.41) is 11.5. The van der Waals surface area contributed by atoms with Gasteiger partial charge in [-0.1, -0.05) is 17.7 Å². The Balaban J connectivity index is 2.75. The van der Waals surface area contributed by atoms with Gasteiger partial charge >= 0.3 is 5.97 Å². The largest absolute Gasteiger partial charge is 0.465 e. The molecule has 0 bridgehead atoms. The third kappa shape index (κ3) is 3.14. The van der Waals surface area contributed by atoms with Crippen LogP contribution in [0.3, 0.4) is 0 Å². The van der Waals surface area contributed by atoms with Crippen LogP contribution in [0.15, 0.2) is 36.0 Å². The smallest absolute Gasteiger partial charge is 0.350 e. The third-order valence-corrected chi connectivity index (χ3v) is 1.96. The Morgan fingerprint density at radius 2 is 2.06 bits per heavy atom. The summed E-state index contributed by atoms with van der Waals surface area (Å²) in [5.41, 5.74) is 1.88. The van der Waals surface area contributed by atoms with Gasteiger partial charge in [0.25, 0.3) is 0 Å². The minimum Gasteiger partial charge on any atom is -0.465 e. The van der Waals surface area contributed by atoms with E-state index < -0.39 is 5.97 Å². The van der Waals surface area contributed by atoms with E-state index in [1.165, 1.54) is 13.3 Å². The van der Waals surface area contributed by atoms with Crippen LogP contribution in [0.1, 0.15) is 5.56 Å². The molecule has 1 aromatic carbocycles. The Kier molecular flexibility index (Phi) is 4.10. The first-order chi connectivity index (χ1) is 7.67. The first-order valence-electron chi connectivity index (χ1n) is 4.69. The molecule has 0 aliphatic carbocycles. The van der Waals surface area contributed by atoms with Crippen molar-refractivity contribution in [3.63, 3.8) is 0 Å². The molecule has 0 spiro atoms. The van der Waals surface area contributed by atoms with E-state index in [-0.39, 0.29) is 5.57 Å². The van der Waals surface area contributed by atoms with E-state index in [0.29, 0.717) is 0 Å². The molecule has 1 rings (SSSR count). The molecule has 0 atom stereocenters. The molecule has 1 N–H and O–H groups in total. The molecule has 0 saturated heterocycles. The van der Waals surface area contributed by atoms with Crippen molar-refractivity contribution in [1.29, 1.82) is 5.26 Å². The van der Waals surface area contributed by atoms with Gasteiger partial charge in [-0.25, -0.2) is 4.79 Å². The lowest BCUT2D eigenvalue weighted by atomic mass is 10.2. The molecule has 0 amide bonds. The van der Waals surface area contributed by atoms with Crippen LogP contribution in [-0.2, 0) is 9.53 Å². The Morgan fingerprint density at radius 3 is 2.56 bits per heavy atom. The van der Waals surface area contributed by atoms with Crippen molar-refractivity contribution in [3.05, 3.63) is 41.6 Å². The van der Waals surface area contributed by atoms with Crippen molar-refractivity contribution in [2.45, 2.75) is 6.92 Å². The van der Waals surface area contributed by atoms with Gasteiger partial charge in [-0.15, -0.1) is 0 Å². The van der Waals surface area contributed by atoms with Gasteiger partial charge < -0.3 is 10.1 Å². The maximum Gasteiger partial charge on any atom is 0.350 e. The van der Waals surface area contributed by atoms with Gasteiger partial charge in [0, 0.05) is 11.9 Å². The van der Waals surface area contributed by atoms with Crippen molar-refractivity contribution in [1.82, 2.24) is 0 Å². The van der Waals surface area contributed by atoms with Gasteiger partial charge in [0.1, 0.15) is 6.07 Å². The molecule has 0 radical (unpaired) electrons. The molecule has 0 saturated carbocycles. The molecule has 0 aliphatic rings. The number of aryl methyl sites for hydroxylation is 1. The molecule has 0 aliphatic heterocycles. The van der Waals surface area contributed by atoms with E-state index >= 15 is 0 Å². The lowest BCUT2D eigenvalue weighted by Gasteiger charge is -2.01. The van der Waals surface area contributed by atoms with Crippen molar-refractivity contribution < 1.29 is 9.53 Å². The van der Waals surface area contributed by atoms with E-state index in [0.717, 1.165) is 11.3 Å². The summed E-state index contributed by atoms with van der Waals surface area (Å²) in [6.45, 7) is 1.98. The van der Waals surface area contributed by atoms with Crippen LogP contribution >= 0.6 is 0 Å². The second kappa shape index (κ2) is 5.56. The molecule has 0 unspecified atom stereocenters. The SMILES string of the molecule is COC(=O)C(C#N)=CNc1ccc(C)cc1. The molecular formula is C12H12N2O2. The standard InChI is InChI=1S/C12H12N2O2/c1-9-3-5-11(6-4-9)14-8-10(7-13)12(15)16-2/h3-6,8,14H,1-2H3. The van der Waals surface area contributed by atoms with Crippen LogP contribution < -0.4 is 5.32 Å².